The highest BCUT2D eigenvalue weighted by molar-refractivity contribution is 4.95. The number of aliphatic hydroxyl groups is 2. The largest absolute Gasteiger partial charge is 0.394 e. The second-order valence-corrected chi connectivity index (χ2v) is 4.00. The lowest BCUT2D eigenvalue weighted by Gasteiger charge is -2.23. The van der Waals surface area contributed by atoms with Crippen molar-refractivity contribution in [2.45, 2.75) is 43.9 Å². The van der Waals surface area contributed by atoms with Gasteiger partial charge in [0.25, 0.3) is 0 Å². The minimum absolute atomic E-state index is 0.101. The van der Waals surface area contributed by atoms with E-state index in [2.05, 4.69) is 4.90 Å². The molecule has 3 nitrogen and oxygen atoms in total. The topological polar surface area (TPSA) is 43.7 Å². The first-order valence-corrected chi connectivity index (χ1v) is 4.86. The van der Waals surface area contributed by atoms with E-state index in [9.17, 15) is 5.11 Å². The minimum atomic E-state index is -0.536. The molecule has 0 aromatic rings. The van der Waals surface area contributed by atoms with Gasteiger partial charge in [0.05, 0.1) is 12.7 Å². The molecule has 2 N–H and O–H groups in total. The molecule has 2 aliphatic rings. The maximum Gasteiger partial charge on any atom is 0.0897 e. The molecule has 2 aliphatic heterocycles. The molecule has 3 heteroatoms. The van der Waals surface area contributed by atoms with Crippen molar-refractivity contribution in [1.82, 2.24) is 4.90 Å². The standard InChI is InChI=1S/C9H17NO2/c11-6-9(12)5-10-7-1-2-8(10)4-3-7/h7-9,11-12H,1-6H2. The SMILES string of the molecule is OCC(O)CN1C2CCC1CC2. The van der Waals surface area contributed by atoms with Crippen LogP contribution in [0.15, 0.2) is 0 Å². The lowest BCUT2D eigenvalue weighted by molar-refractivity contribution is 0.0538. The van der Waals surface area contributed by atoms with Gasteiger partial charge in [0.2, 0.25) is 0 Å². The van der Waals surface area contributed by atoms with E-state index in [-0.39, 0.29) is 6.61 Å². The molecule has 0 aromatic carbocycles. The summed E-state index contributed by atoms with van der Waals surface area (Å²) in [5.74, 6) is 0. The molecule has 12 heavy (non-hydrogen) atoms. The van der Waals surface area contributed by atoms with Crippen molar-refractivity contribution < 1.29 is 10.2 Å². The van der Waals surface area contributed by atoms with Gasteiger partial charge in [0.15, 0.2) is 0 Å². The third-order valence-electron chi connectivity index (χ3n) is 3.24. The van der Waals surface area contributed by atoms with E-state index in [1.165, 1.54) is 25.7 Å². The van der Waals surface area contributed by atoms with Crippen molar-refractivity contribution in [1.29, 1.82) is 0 Å². The van der Waals surface area contributed by atoms with Gasteiger partial charge in [-0.3, -0.25) is 4.90 Å². The molecule has 0 spiro atoms. The summed E-state index contributed by atoms with van der Waals surface area (Å²) < 4.78 is 0. The van der Waals surface area contributed by atoms with Crippen LogP contribution in [0.1, 0.15) is 25.7 Å². The molecule has 0 saturated carbocycles. The Hall–Kier alpha value is -0.120. The van der Waals surface area contributed by atoms with Gasteiger partial charge in [0, 0.05) is 18.6 Å². The summed E-state index contributed by atoms with van der Waals surface area (Å²) in [6, 6.07) is 1.41. The molecular formula is C9H17NO2. The molecule has 0 radical (unpaired) electrons. The molecule has 1 unspecified atom stereocenters. The van der Waals surface area contributed by atoms with E-state index in [4.69, 9.17) is 5.11 Å². The maximum absolute atomic E-state index is 9.29. The number of hydrogen-bond acceptors (Lipinski definition) is 3. The van der Waals surface area contributed by atoms with Gasteiger partial charge < -0.3 is 10.2 Å². The van der Waals surface area contributed by atoms with Crippen molar-refractivity contribution in [3.63, 3.8) is 0 Å². The molecule has 0 aromatic heterocycles. The van der Waals surface area contributed by atoms with Crippen LogP contribution < -0.4 is 0 Å². The van der Waals surface area contributed by atoms with Gasteiger partial charge >= 0.3 is 0 Å². The second-order valence-electron chi connectivity index (χ2n) is 4.00. The Bertz CT molecular complexity index is 143. The Morgan fingerprint density at radius 3 is 2.08 bits per heavy atom. The molecule has 70 valence electrons. The van der Waals surface area contributed by atoms with E-state index in [1.54, 1.807) is 0 Å². The van der Waals surface area contributed by atoms with Gasteiger partial charge in [-0.2, -0.15) is 0 Å². The molecule has 2 bridgehead atoms. The summed E-state index contributed by atoms with van der Waals surface area (Å²) in [6.45, 7) is 0.571. The Morgan fingerprint density at radius 2 is 1.67 bits per heavy atom. The van der Waals surface area contributed by atoms with Gasteiger partial charge in [0.1, 0.15) is 0 Å². The molecule has 0 aliphatic carbocycles. The molecule has 2 rings (SSSR count). The van der Waals surface area contributed by atoms with Gasteiger partial charge in [-0.05, 0) is 25.7 Å². The zero-order valence-electron chi connectivity index (χ0n) is 7.32. The van der Waals surface area contributed by atoms with Crippen molar-refractivity contribution in [3.8, 4) is 0 Å². The average Bonchev–Trinajstić information content (AvgIpc) is 2.65. The highest BCUT2D eigenvalue weighted by Gasteiger charge is 2.39. The van der Waals surface area contributed by atoms with Crippen molar-refractivity contribution in [3.05, 3.63) is 0 Å². The van der Waals surface area contributed by atoms with Crippen LogP contribution in [0.3, 0.4) is 0 Å². The van der Waals surface area contributed by atoms with Crippen LogP contribution >= 0.6 is 0 Å². The fourth-order valence-electron chi connectivity index (χ4n) is 2.62. The second kappa shape index (κ2) is 3.32. The Labute approximate surface area is 73.0 Å². The van der Waals surface area contributed by atoms with E-state index in [1.807, 2.05) is 0 Å². The lowest BCUT2D eigenvalue weighted by Crippen LogP contribution is -2.37. The number of aliphatic hydroxyl groups excluding tert-OH is 2. The van der Waals surface area contributed by atoms with Crippen LogP contribution in [0.4, 0.5) is 0 Å². The molecule has 1 atom stereocenters. The Kier molecular flexibility index (Phi) is 2.35. The van der Waals surface area contributed by atoms with Gasteiger partial charge in [-0.1, -0.05) is 0 Å². The van der Waals surface area contributed by atoms with E-state index >= 15 is 0 Å². The summed E-state index contributed by atoms with van der Waals surface area (Å²) in [7, 11) is 0. The van der Waals surface area contributed by atoms with Crippen molar-refractivity contribution >= 4 is 0 Å². The molecular weight excluding hydrogens is 154 g/mol. The number of fused-ring (bicyclic) bond motifs is 2. The summed E-state index contributed by atoms with van der Waals surface area (Å²) in [4.78, 5) is 2.38. The highest BCUT2D eigenvalue weighted by Crippen LogP contribution is 2.37. The fourth-order valence-corrected chi connectivity index (χ4v) is 2.62. The highest BCUT2D eigenvalue weighted by atomic mass is 16.3. The predicted octanol–water partition coefficient (Wildman–Crippen LogP) is -0.0336. The monoisotopic (exact) mass is 171 g/mol. The minimum Gasteiger partial charge on any atom is -0.394 e. The van der Waals surface area contributed by atoms with E-state index in [0.29, 0.717) is 18.6 Å². The fraction of sp³-hybridized carbons (Fsp3) is 1.00. The van der Waals surface area contributed by atoms with E-state index in [0.717, 1.165) is 0 Å². The summed E-state index contributed by atoms with van der Waals surface area (Å²) in [5.41, 5.74) is 0. The number of rotatable bonds is 3. The zero-order valence-corrected chi connectivity index (χ0v) is 7.32. The predicted molar refractivity (Wildman–Crippen MR) is 45.8 cm³/mol. The first-order chi connectivity index (χ1) is 5.81. The summed E-state index contributed by atoms with van der Waals surface area (Å²) >= 11 is 0. The molecule has 2 fully saturated rings. The Balaban J connectivity index is 1.88. The first kappa shape index (κ1) is 8.48. The summed E-state index contributed by atoms with van der Waals surface area (Å²) in [6.07, 6.45) is 4.64. The third-order valence-corrected chi connectivity index (χ3v) is 3.24. The third kappa shape index (κ3) is 1.37. The van der Waals surface area contributed by atoms with Crippen LogP contribution in [0.2, 0.25) is 0 Å². The number of hydrogen-bond donors (Lipinski definition) is 2. The number of nitrogens with zero attached hydrogens (tertiary/aromatic N) is 1. The molecule has 0 amide bonds. The Morgan fingerprint density at radius 1 is 1.17 bits per heavy atom. The van der Waals surface area contributed by atoms with Crippen molar-refractivity contribution in [2.24, 2.45) is 0 Å². The van der Waals surface area contributed by atoms with Gasteiger partial charge in [-0.15, -0.1) is 0 Å². The average molecular weight is 171 g/mol. The smallest absolute Gasteiger partial charge is 0.0897 e. The van der Waals surface area contributed by atoms with E-state index < -0.39 is 6.10 Å². The molecule has 2 saturated heterocycles. The van der Waals surface area contributed by atoms with Crippen molar-refractivity contribution in [2.75, 3.05) is 13.2 Å². The van der Waals surface area contributed by atoms with Crippen LogP contribution in [0.5, 0.6) is 0 Å². The van der Waals surface area contributed by atoms with Gasteiger partial charge in [-0.25, -0.2) is 0 Å². The lowest BCUT2D eigenvalue weighted by atomic mass is 10.0. The van der Waals surface area contributed by atoms with Crippen LogP contribution in [-0.2, 0) is 0 Å². The van der Waals surface area contributed by atoms with Crippen LogP contribution in [0, 0.1) is 0 Å². The zero-order chi connectivity index (χ0) is 8.55. The van der Waals surface area contributed by atoms with Crippen LogP contribution in [-0.4, -0.2) is 46.5 Å². The normalized spacial score (nSPS) is 37.5. The maximum atomic E-state index is 9.29. The summed E-state index contributed by atoms with van der Waals surface area (Å²) in [5, 5.41) is 18.0. The quantitative estimate of drug-likeness (QED) is 0.626. The first-order valence-electron chi connectivity index (χ1n) is 4.86. The van der Waals surface area contributed by atoms with Crippen LogP contribution in [0.25, 0.3) is 0 Å². The molecule has 2 heterocycles.